The van der Waals surface area contributed by atoms with Crippen LogP contribution >= 0.6 is 0 Å². The highest BCUT2D eigenvalue weighted by molar-refractivity contribution is 5.94. The number of primary amides is 1. The highest BCUT2D eigenvalue weighted by Gasteiger charge is 2.32. The molecule has 134 valence electrons. The summed E-state index contributed by atoms with van der Waals surface area (Å²) in [5, 5.41) is 0. The predicted molar refractivity (Wildman–Crippen MR) is 97.0 cm³/mol. The number of nitrogens with two attached hydrogens (primary N) is 1. The third-order valence-corrected chi connectivity index (χ3v) is 4.70. The summed E-state index contributed by atoms with van der Waals surface area (Å²) in [6, 6.07) is 7.01. The molecule has 5 heteroatoms. The maximum atomic E-state index is 12.7. The predicted octanol–water partition coefficient (Wildman–Crippen LogP) is 2.45. The maximum absolute atomic E-state index is 12.7. The molecule has 0 spiro atoms. The van der Waals surface area contributed by atoms with Gasteiger partial charge in [0.05, 0.1) is 0 Å². The number of carbonyl (C=O) groups is 2. The summed E-state index contributed by atoms with van der Waals surface area (Å²) >= 11 is 0. The Hall–Kier alpha value is -2.48. The summed E-state index contributed by atoms with van der Waals surface area (Å²) in [7, 11) is 0. The summed E-state index contributed by atoms with van der Waals surface area (Å²) in [5.41, 5.74) is 5.56. The van der Waals surface area contributed by atoms with E-state index < -0.39 is 5.41 Å². The first-order valence-electron chi connectivity index (χ1n) is 8.59. The van der Waals surface area contributed by atoms with Gasteiger partial charge in [-0.3, -0.25) is 9.59 Å². The molecule has 1 aromatic carbocycles. The second-order valence-corrected chi connectivity index (χ2v) is 7.23. The largest absolute Gasteiger partial charge is 0.481 e. The fourth-order valence-corrected chi connectivity index (χ4v) is 3.24. The highest BCUT2D eigenvalue weighted by Crippen LogP contribution is 2.31. The Labute approximate surface area is 149 Å². The Balaban J connectivity index is 1.99. The molecular formula is C20H26N2O3. The van der Waals surface area contributed by atoms with Gasteiger partial charge >= 0.3 is 0 Å². The van der Waals surface area contributed by atoms with Gasteiger partial charge in [-0.2, -0.15) is 0 Å². The molecule has 5 nitrogen and oxygen atoms in total. The first-order chi connectivity index (χ1) is 11.8. The molecule has 0 aliphatic carbocycles. The van der Waals surface area contributed by atoms with Crippen LogP contribution in [-0.2, 0) is 4.79 Å². The summed E-state index contributed by atoms with van der Waals surface area (Å²) in [5.74, 6) is 3.06. The number of hydrogen-bond donors (Lipinski definition) is 1. The number of likely N-dealkylation sites (tertiary alicyclic amines) is 1. The minimum atomic E-state index is -0.549. The van der Waals surface area contributed by atoms with Gasteiger partial charge in [-0.05, 0) is 49.4 Å². The minimum absolute atomic E-state index is 0.00470. The van der Waals surface area contributed by atoms with Gasteiger partial charge in [0.25, 0.3) is 5.91 Å². The fraction of sp³-hybridized carbons (Fsp3) is 0.500. The molecule has 0 aromatic heterocycles. The van der Waals surface area contributed by atoms with E-state index >= 15 is 0 Å². The molecule has 0 saturated carbocycles. The fourth-order valence-electron chi connectivity index (χ4n) is 3.24. The summed E-state index contributed by atoms with van der Waals surface area (Å²) in [4.78, 5) is 26.2. The summed E-state index contributed by atoms with van der Waals surface area (Å²) in [6.45, 7) is 5.33. The highest BCUT2D eigenvalue weighted by atomic mass is 16.5. The van der Waals surface area contributed by atoms with Crippen LogP contribution in [0.15, 0.2) is 24.3 Å². The number of nitrogens with zero attached hydrogens (tertiary/aromatic N) is 1. The number of carbonyl (C=O) groups excluding carboxylic acids is 2. The zero-order chi connectivity index (χ0) is 18.4. The first kappa shape index (κ1) is 18.9. The van der Waals surface area contributed by atoms with Crippen molar-refractivity contribution in [3.63, 3.8) is 0 Å². The number of terminal acetylenes is 1. The third kappa shape index (κ3) is 4.99. The van der Waals surface area contributed by atoms with Gasteiger partial charge < -0.3 is 15.4 Å². The van der Waals surface area contributed by atoms with E-state index in [1.54, 1.807) is 24.3 Å². The molecule has 2 N–H and O–H groups in total. The smallest absolute Gasteiger partial charge is 0.253 e. The average molecular weight is 342 g/mol. The lowest BCUT2D eigenvalue weighted by molar-refractivity contribution is -0.127. The lowest BCUT2D eigenvalue weighted by atomic mass is 9.79. The molecule has 2 rings (SSSR count). The quantitative estimate of drug-likeness (QED) is 0.807. The molecule has 0 radical (unpaired) electrons. The molecule has 1 aliphatic heterocycles. The van der Waals surface area contributed by atoms with Crippen molar-refractivity contribution in [1.82, 2.24) is 4.90 Å². The van der Waals surface area contributed by atoms with E-state index in [-0.39, 0.29) is 18.4 Å². The van der Waals surface area contributed by atoms with E-state index in [1.165, 1.54) is 0 Å². The Morgan fingerprint density at radius 2 is 2.04 bits per heavy atom. The van der Waals surface area contributed by atoms with Crippen LogP contribution in [0.25, 0.3) is 0 Å². The second kappa shape index (κ2) is 8.06. The van der Waals surface area contributed by atoms with Crippen molar-refractivity contribution in [3.05, 3.63) is 29.8 Å². The normalized spacial score (nSPS) is 17.6. The van der Waals surface area contributed by atoms with Gasteiger partial charge in [0.1, 0.15) is 12.4 Å². The van der Waals surface area contributed by atoms with Crippen molar-refractivity contribution < 1.29 is 14.3 Å². The first-order valence-corrected chi connectivity index (χ1v) is 8.59. The van der Waals surface area contributed by atoms with Crippen molar-refractivity contribution in [2.45, 2.75) is 33.1 Å². The Morgan fingerprint density at radius 3 is 2.64 bits per heavy atom. The number of piperidine rings is 1. The van der Waals surface area contributed by atoms with Crippen molar-refractivity contribution in [3.8, 4) is 18.1 Å². The number of hydrogen-bond acceptors (Lipinski definition) is 3. The van der Waals surface area contributed by atoms with Crippen LogP contribution in [0.2, 0.25) is 0 Å². The molecule has 1 atom stereocenters. The Morgan fingerprint density at radius 1 is 1.36 bits per heavy atom. The molecular weight excluding hydrogens is 316 g/mol. The van der Waals surface area contributed by atoms with Crippen molar-refractivity contribution in [2.24, 2.45) is 17.1 Å². The van der Waals surface area contributed by atoms with Crippen LogP contribution in [0, 0.1) is 23.7 Å². The lowest BCUT2D eigenvalue weighted by Gasteiger charge is -2.36. The molecule has 1 fully saturated rings. The monoisotopic (exact) mass is 342 g/mol. The van der Waals surface area contributed by atoms with Crippen LogP contribution in [0.5, 0.6) is 5.75 Å². The van der Waals surface area contributed by atoms with E-state index in [2.05, 4.69) is 5.92 Å². The summed E-state index contributed by atoms with van der Waals surface area (Å²) < 4.78 is 5.32. The standard InChI is InChI=1S/C20H26N2O3/c1-4-12-25-17-9-7-16(8-10-17)18(23)22-11-5-6-15(14-22)13-20(2,3)19(21)24/h1,7-10,15H,5-6,11-14H2,2-3H3,(H2,21,24)/t15-/m1/s1. The Bertz CT molecular complexity index is 659. The molecule has 25 heavy (non-hydrogen) atoms. The van der Waals surface area contributed by atoms with Crippen LogP contribution in [0.4, 0.5) is 0 Å². The van der Waals surface area contributed by atoms with Crippen LogP contribution < -0.4 is 10.5 Å². The van der Waals surface area contributed by atoms with Gasteiger partial charge in [0.15, 0.2) is 0 Å². The molecule has 0 bridgehead atoms. The number of amides is 2. The van der Waals surface area contributed by atoms with Crippen molar-refractivity contribution >= 4 is 11.8 Å². The van der Waals surface area contributed by atoms with Crippen molar-refractivity contribution in [1.29, 1.82) is 0 Å². The Kier molecular flexibility index (Phi) is 6.08. The topological polar surface area (TPSA) is 72.6 Å². The third-order valence-electron chi connectivity index (χ3n) is 4.70. The number of benzene rings is 1. The van der Waals surface area contributed by atoms with E-state index in [9.17, 15) is 9.59 Å². The molecule has 1 saturated heterocycles. The van der Waals surface area contributed by atoms with Crippen LogP contribution in [0.3, 0.4) is 0 Å². The summed E-state index contributed by atoms with van der Waals surface area (Å²) in [6.07, 6.45) is 7.81. The molecule has 1 heterocycles. The van der Waals surface area contributed by atoms with E-state index in [1.807, 2.05) is 18.7 Å². The van der Waals surface area contributed by atoms with Gasteiger partial charge in [-0.25, -0.2) is 0 Å². The van der Waals surface area contributed by atoms with Crippen LogP contribution in [0.1, 0.15) is 43.5 Å². The number of ether oxygens (including phenoxy) is 1. The van der Waals surface area contributed by atoms with Gasteiger partial charge in [-0.15, -0.1) is 6.42 Å². The zero-order valence-electron chi connectivity index (χ0n) is 15.0. The van der Waals surface area contributed by atoms with E-state index in [0.29, 0.717) is 30.2 Å². The van der Waals surface area contributed by atoms with Gasteiger partial charge in [0.2, 0.25) is 5.91 Å². The zero-order valence-corrected chi connectivity index (χ0v) is 15.0. The van der Waals surface area contributed by atoms with Gasteiger partial charge in [-0.1, -0.05) is 19.8 Å². The van der Waals surface area contributed by atoms with E-state index in [4.69, 9.17) is 16.9 Å². The lowest BCUT2D eigenvalue weighted by Crippen LogP contribution is -2.42. The van der Waals surface area contributed by atoms with E-state index in [0.717, 1.165) is 19.4 Å². The molecule has 2 amide bonds. The van der Waals surface area contributed by atoms with Crippen molar-refractivity contribution in [2.75, 3.05) is 19.7 Å². The molecule has 1 aromatic rings. The number of rotatable bonds is 6. The SMILES string of the molecule is C#CCOc1ccc(C(=O)N2CCC[C@H](CC(C)(C)C(N)=O)C2)cc1. The van der Waals surface area contributed by atoms with Crippen LogP contribution in [-0.4, -0.2) is 36.4 Å². The van der Waals surface area contributed by atoms with Gasteiger partial charge in [0, 0.05) is 24.1 Å². The second-order valence-electron chi connectivity index (χ2n) is 7.23. The average Bonchev–Trinajstić information content (AvgIpc) is 2.59. The molecule has 0 unspecified atom stereocenters. The maximum Gasteiger partial charge on any atom is 0.253 e. The molecule has 1 aliphatic rings. The minimum Gasteiger partial charge on any atom is -0.481 e.